The summed E-state index contributed by atoms with van der Waals surface area (Å²) in [5.41, 5.74) is 0. The zero-order valence-electron chi connectivity index (χ0n) is 1.62. The van der Waals surface area contributed by atoms with Gasteiger partial charge in [-0.1, -0.05) is 0 Å². The Bertz CT molecular complexity index is 8.00. The Morgan fingerprint density at radius 2 is 1.00 bits per heavy atom. The van der Waals surface area contributed by atoms with Gasteiger partial charge in [-0.3, -0.25) is 0 Å². The van der Waals surface area contributed by atoms with Gasteiger partial charge in [0.1, 0.15) is 0 Å². The molecule has 0 fully saturated rings. The van der Waals surface area contributed by atoms with Crippen molar-refractivity contribution in [3.8, 4) is 0 Å². The maximum atomic E-state index is 0. The molecule has 0 N–H and O–H groups in total. The first-order valence-corrected chi connectivity index (χ1v) is 0. The first-order valence-electron chi connectivity index (χ1n) is 0. The van der Waals surface area contributed by atoms with E-state index in [0.717, 1.165) is 0 Å². The third-order valence-electron chi connectivity index (χ3n) is 0. The van der Waals surface area contributed by atoms with Gasteiger partial charge < -0.3 is 0 Å². The molecule has 0 saturated carbocycles. The van der Waals surface area contributed by atoms with Crippen LogP contribution >= 0.6 is 9.90 Å². The first-order chi connectivity index (χ1) is 0. The molecule has 0 aliphatic heterocycles. The van der Waals surface area contributed by atoms with Crippen LogP contribution in [0.15, 0.2) is 0 Å². The standard InChI is InChI=1S/Bi.Co.H3P.Sn.6H/h;;1H3;;;;;;;. The Morgan fingerprint density at radius 1 is 1.00 bits per heavy atom. The van der Waals surface area contributed by atoms with E-state index in [2.05, 4.69) is 0 Å². The predicted molar refractivity (Wildman–Crippen MR) is 31.0 cm³/mol. The summed E-state index contributed by atoms with van der Waals surface area (Å²) < 4.78 is 0. The summed E-state index contributed by atoms with van der Waals surface area (Å²) in [5.74, 6) is 0. The van der Waals surface area contributed by atoms with Crippen molar-refractivity contribution < 1.29 is 16.8 Å². The molecule has 1 unspecified atom stereocenters. The molecule has 0 aromatic heterocycles. The van der Waals surface area contributed by atoms with E-state index in [4.69, 9.17) is 0 Å². The van der Waals surface area contributed by atoms with Crippen molar-refractivity contribution in [2.75, 3.05) is 0 Å². The third-order valence-corrected chi connectivity index (χ3v) is 0. The van der Waals surface area contributed by atoms with Crippen LogP contribution in [-0.2, 0) is 16.8 Å². The second kappa shape index (κ2) is 17.5. The van der Waals surface area contributed by atoms with Crippen LogP contribution in [0.5, 0.6) is 0 Å². The van der Waals surface area contributed by atoms with Crippen LogP contribution in [0.1, 0.15) is 0 Å². The van der Waals surface area contributed by atoms with Crippen molar-refractivity contribution >= 4 is 60.0 Å². The Balaban J connectivity index is 0. The molecule has 0 aromatic rings. The van der Waals surface area contributed by atoms with Crippen molar-refractivity contribution in [3.05, 3.63) is 0 Å². The molecule has 0 bridgehead atoms. The molecule has 2 radical (unpaired) electrons. The molecule has 0 rings (SSSR count). The van der Waals surface area contributed by atoms with Gasteiger partial charge >= 0.3 is 50.1 Å². The van der Waals surface area contributed by atoms with E-state index < -0.39 is 0 Å². The maximum absolute atomic E-state index is 0. The topological polar surface area (TPSA) is 0 Å². The van der Waals surface area contributed by atoms with Gasteiger partial charge in [0, 0.05) is 16.8 Å². The van der Waals surface area contributed by atoms with Crippen LogP contribution < -0.4 is 0 Å². The molecule has 4 heavy (non-hydrogen) atoms. The summed E-state index contributed by atoms with van der Waals surface area (Å²) >= 11 is 0. The second-order valence-corrected chi connectivity index (χ2v) is 0. The van der Waals surface area contributed by atoms with E-state index in [9.17, 15) is 0 Å². The molecule has 0 aliphatic rings. The van der Waals surface area contributed by atoms with Gasteiger partial charge in [0.15, 0.2) is 0 Å². The zero-order valence-corrected chi connectivity index (χ0v) is 8.56. The van der Waals surface area contributed by atoms with Gasteiger partial charge in [-0.15, -0.1) is 0 Å². The molecule has 0 amide bonds. The average molecular weight is 427 g/mol. The average Bonchev–Trinajstić information content (AvgIpc) is 0. The molecule has 0 aromatic carbocycles. The molecule has 0 saturated heterocycles. The van der Waals surface area contributed by atoms with Crippen LogP contribution in [0.3, 0.4) is 0 Å². The van der Waals surface area contributed by atoms with E-state index in [1.165, 1.54) is 0 Å². The monoisotopic (exact) mass is 428 g/mol. The van der Waals surface area contributed by atoms with Crippen molar-refractivity contribution in [1.82, 2.24) is 0 Å². The molecule has 1 atom stereocenters. The van der Waals surface area contributed by atoms with Crippen LogP contribution in [0.25, 0.3) is 0 Å². The van der Waals surface area contributed by atoms with Gasteiger partial charge in [0.25, 0.3) is 0 Å². The van der Waals surface area contributed by atoms with Crippen LogP contribution in [0.2, 0.25) is 0 Å². The predicted octanol–water partition coefficient (Wildman–Crippen LogP) is -2.31. The summed E-state index contributed by atoms with van der Waals surface area (Å²) in [7, 11) is 0. The fourth-order valence-electron chi connectivity index (χ4n) is 0. The number of rotatable bonds is 0. The van der Waals surface area contributed by atoms with Crippen molar-refractivity contribution in [1.29, 1.82) is 0 Å². The van der Waals surface area contributed by atoms with E-state index in [-0.39, 0.29) is 76.8 Å². The van der Waals surface area contributed by atoms with Crippen molar-refractivity contribution in [3.63, 3.8) is 0 Å². The van der Waals surface area contributed by atoms with E-state index in [1.807, 2.05) is 0 Å². The Hall–Kier alpha value is 2.62. The molecule has 0 aliphatic carbocycles. The summed E-state index contributed by atoms with van der Waals surface area (Å²) in [6.07, 6.45) is 0. The molecule has 0 nitrogen and oxygen atoms in total. The summed E-state index contributed by atoms with van der Waals surface area (Å²) in [4.78, 5) is 0. The Labute approximate surface area is 75.8 Å². The number of hydrogen-bond donors (Lipinski definition) is 0. The van der Waals surface area contributed by atoms with E-state index >= 15 is 0 Å². The fourth-order valence-corrected chi connectivity index (χ4v) is 0. The van der Waals surface area contributed by atoms with Gasteiger partial charge in [-0.05, 0) is 0 Å². The molecule has 0 spiro atoms. The van der Waals surface area contributed by atoms with Gasteiger partial charge in [-0.2, -0.15) is 9.90 Å². The minimum atomic E-state index is 0. The summed E-state index contributed by atoms with van der Waals surface area (Å²) in [6, 6.07) is 0. The quantitative estimate of drug-likeness (QED) is 0.302. The minimum absolute atomic E-state index is 0. The van der Waals surface area contributed by atoms with Crippen LogP contribution in [0, 0.1) is 0 Å². The Kier molecular flexibility index (Phi) is 133. The van der Waals surface area contributed by atoms with Gasteiger partial charge in [0.05, 0.1) is 0 Å². The third kappa shape index (κ3) is 8.82. The molecular formula is H9BiCoPSn. The fraction of sp³-hybridized carbons (Fsp3) is 0. The van der Waals surface area contributed by atoms with Crippen LogP contribution in [-0.4, -0.2) is 50.1 Å². The Morgan fingerprint density at radius 3 is 1.00 bits per heavy atom. The first kappa shape index (κ1) is 30.5. The SMILES string of the molecule is P.[BiH2].[Co].[SnH4]. The summed E-state index contributed by atoms with van der Waals surface area (Å²) in [5, 5.41) is 0. The van der Waals surface area contributed by atoms with Crippen molar-refractivity contribution in [2.24, 2.45) is 0 Å². The number of hydrogen-bond acceptors (Lipinski definition) is 0. The molecular weight excluding hydrogens is 418 g/mol. The molecule has 4 heteroatoms. The summed E-state index contributed by atoms with van der Waals surface area (Å²) in [6.45, 7) is 0. The van der Waals surface area contributed by atoms with Crippen molar-refractivity contribution in [2.45, 2.75) is 0 Å². The van der Waals surface area contributed by atoms with Crippen LogP contribution in [0.4, 0.5) is 0 Å². The zero-order chi connectivity index (χ0) is 0. The van der Waals surface area contributed by atoms with E-state index in [0.29, 0.717) is 0 Å². The molecule has 32 valence electrons. The van der Waals surface area contributed by atoms with Gasteiger partial charge in [-0.25, -0.2) is 0 Å². The van der Waals surface area contributed by atoms with Gasteiger partial charge in [0.2, 0.25) is 0 Å². The molecule has 0 heterocycles. The normalized spacial score (nSPS) is 0. The van der Waals surface area contributed by atoms with E-state index in [1.54, 1.807) is 0 Å². The second-order valence-electron chi connectivity index (χ2n) is 0.